The molecule has 0 aliphatic rings. The molecule has 0 bridgehead atoms. The number of carbonyl (C=O) groups is 1. The molecule has 2 aromatic heterocycles. The van der Waals surface area contributed by atoms with Crippen molar-refractivity contribution in [2.75, 3.05) is 32.1 Å². The summed E-state index contributed by atoms with van der Waals surface area (Å²) in [5.74, 6) is 0.743. The van der Waals surface area contributed by atoms with Gasteiger partial charge in [-0.2, -0.15) is 5.10 Å². The second-order valence-electron chi connectivity index (χ2n) is 8.97. The van der Waals surface area contributed by atoms with Gasteiger partial charge in [0.2, 0.25) is 5.91 Å². The number of nitrogens with zero attached hydrogens (tertiary/aromatic N) is 4. The molecule has 2 heterocycles. The summed E-state index contributed by atoms with van der Waals surface area (Å²) in [7, 11) is 1.67. The van der Waals surface area contributed by atoms with Crippen LogP contribution in [0, 0.1) is 0 Å². The van der Waals surface area contributed by atoms with E-state index < -0.39 is 0 Å². The molecule has 2 aromatic carbocycles. The van der Waals surface area contributed by atoms with Gasteiger partial charge in [-0.25, -0.2) is 14.6 Å². The van der Waals surface area contributed by atoms with Crippen molar-refractivity contribution in [3.63, 3.8) is 0 Å². The highest BCUT2D eigenvalue weighted by molar-refractivity contribution is 7.99. The lowest BCUT2D eigenvalue weighted by Gasteiger charge is -2.18. The van der Waals surface area contributed by atoms with Crippen LogP contribution in [0.15, 0.2) is 72.0 Å². The standard InChI is InChI=1S/C28H34N6O2S/c1-20(2)37-28-32-26(30-15-17-36-3)24-19-31-34(27(24)33-28)16-14-29-25(35)18-23(21-10-6-4-7-11-21)22-12-8-5-9-13-22/h4-13,19-20,23H,14-18H2,1-3H3,(H,29,35)(H,30,32,33). The molecule has 0 aliphatic carbocycles. The normalized spacial score (nSPS) is 11.4. The third kappa shape index (κ3) is 7.30. The van der Waals surface area contributed by atoms with E-state index in [-0.39, 0.29) is 11.8 Å². The van der Waals surface area contributed by atoms with E-state index in [0.717, 1.165) is 28.0 Å². The molecule has 0 aliphatic heterocycles. The third-order valence-electron chi connectivity index (χ3n) is 5.85. The van der Waals surface area contributed by atoms with Gasteiger partial charge in [0.05, 0.1) is 24.7 Å². The van der Waals surface area contributed by atoms with Crippen molar-refractivity contribution < 1.29 is 9.53 Å². The first-order valence-corrected chi connectivity index (χ1v) is 13.4. The number of benzene rings is 2. The predicted octanol–water partition coefficient (Wildman–Crippen LogP) is 4.72. The number of carbonyl (C=O) groups excluding carboxylic acids is 1. The lowest BCUT2D eigenvalue weighted by molar-refractivity contribution is -0.121. The zero-order chi connectivity index (χ0) is 26.0. The molecule has 0 atom stereocenters. The van der Waals surface area contributed by atoms with Crippen LogP contribution in [-0.2, 0) is 16.1 Å². The molecule has 4 aromatic rings. The Hall–Kier alpha value is -3.43. The summed E-state index contributed by atoms with van der Waals surface area (Å²) in [6, 6.07) is 20.3. The van der Waals surface area contributed by atoms with Crippen molar-refractivity contribution in [3.8, 4) is 0 Å². The molecule has 4 rings (SSSR count). The number of aromatic nitrogens is 4. The van der Waals surface area contributed by atoms with Gasteiger partial charge < -0.3 is 15.4 Å². The number of ether oxygens (including phenoxy) is 1. The zero-order valence-corrected chi connectivity index (χ0v) is 22.4. The van der Waals surface area contributed by atoms with Crippen LogP contribution < -0.4 is 10.6 Å². The molecule has 0 saturated carbocycles. The Labute approximate surface area is 222 Å². The molecule has 1 amide bonds. The summed E-state index contributed by atoms with van der Waals surface area (Å²) in [4.78, 5) is 22.4. The van der Waals surface area contributed by atoms with E-state index in [1.807, 2.05) is 41.1 Å². The topological polar surface area (TPSA) is 94.0 Å². The third-order valence-corrected chi connectivity index (χ3v) is 6.72. The summed E-state index contributed by atoms with van der Waals surface area (Å²) in [6.07, 6.45) is 2.15. The average molecular weight is 519 g/mol. The molecule has 2 N–H and O–H groups in total. The Morgan fingerprint density at radius 3 is 2.30 bits per heavy atom. The highest BCUT2D eigenvalue weighted by Crippen LogP contribution is 2.28. The molecule has 9 heteroatoms. The van der Waals surface area contributed by atoms with Crippen LogP contribution in [0.3, 0.4) is 0 Å². The first kappa shape index (κ1) is 26.6. The van der Waals surface area contributed by atoms with Crippen molar-refractivity contribution >= 4 is 34.5 Å². The summed E-state index contributed by atoms with van der Waals surface area (Å²) in [6.45, 7) is 6.40. The van der Waals surface area contributed by atoms with Gasteiger partial charge in [-0.3, -0.25) is 4.79 Å². The maximum atomic E-state index is 13.0. The maximum absolute atomic E-state index is 13.0. The molecule has 0 spiro atoms. The minimum absolute atomic E-state index is 0.00164. The summed E-state index contributed by atoms with van der Waals surface area (Å²) >= 11 is 1.61. The van der Waals surface area contributed by atoms with Crippen molar-refractivity contribution in [3.05, 3.63) is 78.0 Å². The second-order valence-corrected chi connectivity index (χ2v) is 10.5. The molecule has 0 radical (unpaired) electrons. The number of anilines is 1. The van der Waals surface area contributed by atoms with E-state index in [0.29, 0.717) is 43.1 Å². The Kier molecular flexibility index (Phi) is 9.51. The van der Waals surface area contributed by atoms with Gasteiger partial charge in [-0.1, -0.05) is 86.3 Å². The molecular weight excluding hydrogens is 484 g/mol. The Bertz CT molecular complexity index is 1240. The zero-order valence-electron chi connectivity index (χ0n) is 21.6. The van der Waals surface area contributed by atoms with Crippen molar-refractivity contribution in [1.82, 2.24) is 25.1 Å². The predicted molar refractivity (Wildman–Crippen MR) is 149 cm³/mol. The van der Waals surface area contributed by atoms with Crippen LogP contribution in [0.1, 0.15) is 37.3 Å². The van der Waals surface area contributed by atoms with Crippen LogP contribution in [-0.4, -0.2) is 57.7 Å². The Balaban J connectivity index is 1.44. The van der Waals surface area contributed by atoms with Gasteiger partial charge in [0.15, 0.2) is 10.8 Å². The van der Waals surface area contributed by atoms with E-state index in [9.17, 15) is 4.79 Å². The lowest BCUT2D eigenvalue weighted by atomic mass is 9.88. The number of rotatable bonds is 13. The van der Waals surface area contributed by atoms with E-state index >= 15 is 0 Å². The number of amides is 1. The summed E-state index contributed by atoms with van der Waals surface area (Å²) in [5.41, 5.74) is 3.00. The van der Waals surface area contributed by atoms with Crippen LogP contribution in [0.25, 0.3) is 11.0 Å². The van der Waals surface area contributed by atoms with Crippen LogP contribution >= 0.6 is 11.8 Å². The molecule has 0 unspecified atom stereocenters. The highest BCUT2D eigenvalue weighted by Gasteiger charge is 2.18. The van der Waals surface area contributed by atoms with Crippen molar-refractivity contribution in [2.45, 2.75) is 43.1 Å². The molecule has 8 nitrogen and oxygen atoms in total. The molecule has 37 heavy (non-hydrogen) atoms. The fourth-order valence-electron chi connectivity index (χ4n) is 4.13. The highest BCUT2D eigenvalue weighted by atomic mass is 32.2. The number of hydrogen-bond acceptors (Lipinski definition) is 7. The Morgan fingerprint density at radius 2 is 1.68 bits per heavy atom. The van der Waals surface area contributed by atoms with Crippen molar-refractivity contribution in [1.29, 1.82) is 0 Å². The smallest absolute Gasteiger partial charge is 0.221 e. The summed E-state index contributed by atoms with van der Waals surface area (Å²) < 4.78 is 6.99. The maximum Gasteiger partial charge on any atom is 0.221 e. The van der Waals surface area contributed by atoms with Gasteiger partial charge in [-0.15, -0.1) is 0 Å². The average Bonchev–Trinajstić information content (AvgIpc) is 3.31. The number of hydrogen-bond donors (Lipinski definition) is 2. The van der Waals surface area contributed by atoms with E-state index in [2.05, 4.69) is 58.8 Å². The minimum atomic E-state index is -0.00276. The molecule has 194 valence electrons. The van der Waals surface area contributed by atoms with Gasteiger partial charge in [0, 0.05) is 37.8 Å². The van der Waals surface area contributed by atoms with Gasteiger partial charge in [0.25, 0.3) is 0 Å². The quantitative estimate of drug-likeness (QED) is 0.150. The molecule has 0 saturated heterocycles. The minimum Gasteiger partial charge on any atom is -0.383 e. The van der Waals surface area contributed by atoms with Crippen molar-refractivity contribution in [2.24, 2.45) is 0 Å². The van der Waals surface area contributed by atoms with Crippen LogP contribution in [0.4, 0.5) is 5.82 Å². The number of fused-ring (bicyclic) bond motifs is 1. The first-order chi connectivity index (χ1) is 18.0. The van der Waals surface area contributed by atoms with Gasteiger partial charge >= 0.3 is 0 Å². The van der Waals surface area contributed by atoms with Crippen LogP contribution in [0.5, 0.6) is 0 Å². The number of thioether (sulfide) groups is 1. The van der Waals surface area contributed by atoms with Gasteiger partial charge in [0.1, 0.15) is 5.82 Å². The number of nitrogens with one attached hydrogen (secondary N) is 2. The molecule has 0 fully saturated rings. The lowest BCUT2D eigenvalue weighted by Crippen LogP contribution is -2.29. The van der Waals surface area contributed by atoms with E-state index in [4.69, 9.17) is 9.72 Å². The fraction of sp³-hybridized carbons (Fsp3) is 0.357. The monoisotopic (exact) mass is 518 g/mol. The van der Waals surface area contributed by atoms with E-state index in [1.54, 1.807) is 25.1 Å². The summed E-state index contributed by atoms with van der Waals surface area (Å²) in [5, 5.41) is 12.8. The van der Waals surface area contributed by atoms with Crippen LogP contribution in [0.2, 0.25) is 0 Å². The number of methoxy groups -OCH3 is 1. The second kappa shape index (κ2) is 13.2. The van der Waals surface area contributed by atoms with Gasteiger partial charge in [-0.05, 0) is 11.1 Å². The first-order valence-electron chi connectivity index (χ1n) is 12.5. The SMILES string of the molecule is COCCNc1nc(SC(C)C)nc2c1cnn2CCNC(=O)CC(c1ccccc1)c1ccccc1. The molecular formula is C28H34N6O2S. The Morgan fingerprint density at radius 1 is 1.00 bits per heavy atom. The fourth-order valence-corrected chi connectivity index (χ4v) is 4.83. The largest absolute Gasteiger partial charge is 0.383 e. The van der Waals surface area contributed by atoms with E-state index in [1.165, 1.54) is 0 Å².